The van der Waals surface area contributed by atoms with Crippen LogP contribution in [0.25, 0.3) is 0 Å². The van der Waals surface area contributed by atoms with Crippen LogP contribution in [0.5, 0.6) is 11.5 Å². The number of aromatic hydroxyl groups is 2. The van der Waals surface area contributed by atoms with Crippen molar-refractivity contribution in [2.24, 2.45) is 5.16 Å². The molecule has 0 aliphatic heterocycles. The van der Waals surface area contributed by atoms with Gasteiger partial charge in [-0.3, -0.25) is 0 Å². The number of phenolic OH excluding ortho intramolecular Hbond substituents is 2. The van der Waals surface area contributed by atoms with Gasteiger partial charge in [0.05, 0.1) is 5.71 Å². The van der Waals surface area contributed by atoms with E-state index >= 15 is 0 Å². The van der Waals surface area contributed by atoms with Crippen LogP contribution in [-0.4, -0.2) is 23.0 Å². The molecular weight excluding hydrogens is 254 g/mol. The second kappa shape index (κ2) is 9.23. The Kier molecular flexibility index (Phi) is 7.55. The maximum Gasteiger partial charge on any atom is 0.158 e. The van der Waals surface area contributed by atoms with Crippen molar-refractivity contribution in [3.8, 4) is 11.5 Å². The van der Waals surface area contributed by atoms with Gasteiger partial charge in [0.25, 0.3) is 0 Å². The number of oxime groups is 1. The fourth-order valence-electron chi connectivity index (χ4n) is 2.13. The first-order valence-electron chi connectivity index (χ1n) is 7.31. The van der Waals surface area contributed by atoms with Gasteiger partial charge in [-0.05, 0) is 31.0 Å². The highest BCUT2D eigenvalue weighted by atomic mass is 16.6. The molecule has 1 rings (SSSR count). The molecule has 2 N–H and O–H groups in total. The molecule has 0 amide bonds. The quantitative estimate of drug-likeness (QED) is 0.308. The minimum Gasteiger partial charge on any atom is -0.504 e. The van der Waals surface area contributed by atoms with E-state index in [0.717, 1.165) is 24.1 Å². The number of hydrogen-bond donors (Lipinski definition) is 2. The molecule has 1 aromatic carbocycles. The van der Waals surface area contributed by atoms with E-state index in [4.69, 9.17) is 4.84 Å². The van der Waals surface area contributed by atoms with Gasteiger partial charge in [-0.25, -0.2) is 0 Å². The predicted molar refractivity (Wildman–Crippen MR) is 81.3 cm³/mol. The molecule has 0 unspecified atom stereocenters. The predicted octanol–water partition coefficient (Wildman–Crippen LogP) is 4.20. The van der Waals surface area contributed by atoms with Crippen molar-refractivity contribution in [1.82, 2.24) is 0 Å². The number of hydrogen-bond acceptors (Lipinski definition) is 4. The summed E-state index contributed by atoms with van der Waals surface area (Å²) < 4.78 is 0. The molecule has 0 saturated carbocycles. The molecule has 0 bridgehead atoms. The second-order valence-electron chi connectivity index (χ2n) is 4.94. The van der Waals surface area contributed by atoms with E-state index in [1.54, 1.807) is 6.07 Å². The van der Waals surface area contributed by atoms with E-state index < -0.39 is 0 Å². The van der Waals surface area contributed by atoms with Crippen molar-refractivity contribution >= 4 is 5.71 Å². The number of unbranched alkanes of at least 4 members (excludes halogenated alkanes) is 5. The lowest BCUT2D eigenvalue weighted by Crippen LogP contribution is -2.02. The summed E-state index contributed by atoms with van der Waals surface area (Å²) in [6, 6.07) is 4.73. The smallest absolute Gasteiger partial charge is 0.158 e. The summed E-state index contributed by atoms with van der Waals surface area (Å²) in [7, 11) is 1.52. The topological polar surface area (TPSA) is 62.0 Å². The lowest BCUT2D eigenvalue weighted by molar-refractivity contribution is 0.212. The van der Waals surface area contributed by atoms with E-state index in [2.05, 4.69) is 12.1 Å². The van der Waals surface area contributed by atoms with Gasteiger partial charge < -0.3 is 15.1 Å². The Bertz CT molecular complexity index is 430. The zero-order valence-corrected chi connectivity index (χ0v) is 12.4. The summed E-state index contributed by atoms with van der Waals surface area (Å²) in [6.07, 6.45) is 8.11. The summed E-state index contributed by atoms with van der Waals surface area (Å²) >= 11 is 0. The molecule has 0 radical (unpaired) electrons. The van der Waals surface area contributed by atoms with E-state index in [1.807, 2.05) is 0 Å². The summed E-state index contributed by atoms with van der Waals surface area (Å²) in [5.41, 5.74) is 1.59. The minimum absolute atomic E-state index is 0.120. The summed E-state index contributed by atoms with van der Waals surface area (Å²) in [4.78, 5) is 4.87. The van der Waals surface area contributed by atoms with E-state index in [1.165, 1.54) is 51.3 Å². The first kappa shape index (κ1) is 16.3. The van der Waals surface area contributed by atoms with Crippen molar-refractivity contribution in [3.05, 3.63) is 23.8 Å². The van der Waals surface area contributed by atoms with E-state index in [-0.39, 0.29) is 11.5 Å². The van der Waals surface area contributed by atoms with Crippen LogP contribution in [0.15, 0.2) is 23.4 Å². The van der Waals surface area contributed by atoms with Crippen LogP contribution in [-0.2, 0) is 4.84 Å². The zero-order valence-electron chi connectivity index (χ0n) is 12.4. The average molecular weight is 279 g/mol. The minimum atomic E-state index is -0.130. The summed E-state index contributed by atoms with van der Waals surface area (Å²) in [5, 5.41) is 22.9. The Morgan fingerprint density at radius 3 is 2.40 bits per heavy atom. The third-order valence-corrected chi connectivity index (χ3v) is 3.28. The maximum atomic E-state index is 9.54. The first-order chi connectivity index (χ1) is 9.69. The maximum absolute atomic E-state index is 9.54. The molecule has 20 heavy (non-hydrogen) atoms. The molecule has 0 aliphatic rings. The van der Waals surface area contributed by atoms with Gasteiger partial charge in [0.1, 0.15) is 7.11 Å². The molecule has 1 aromatic rings. The van der Waals surface area contributed by atoms with Gasteiger partial charge in [0.2, 0.25) is 0 Å². The third-order valence-electron chi connectivity index (χ3n) is 3.28. The normalized spacial score (nSPS) is 11.6. The number of rotatable bonds is 9. The molecule has 4 heteroatoms. The molecule has 0 aliphatic carbocycles. The van der Waals surface area contributed by atoms with Crippen LogP contribution < -0.4 is 0 Å². The molecule has 4 nitrogen and oxygen atoms in total. The Morgan fingerprint density at radius 1 is 1.05 bits per heavy atom. The Morgan fingerprint density at radius 2 is 1.75 bits per heavy atom. The highest BCUT2D eigenvalue weighted by Crippen LogP contribution is 2.26. The van der Waals surface area contributed by atoms with Crippen molar-refractivity contribution in [2.75, 3.05) is 7.11 Å². The van der Waals surface area contributed by atoms with Gasteiger partial charge in [0.15, 0.2) is 11.5 Å². The standard InChI is InChI=1S/C16H25NO3/c1-3-4-5-6-7-8-9-14(17-20-2)13-10-11-15(18)16(19)12-13/h10-12,18-19H,3-9H2,1-2H3/b17-14+. The zero-order chi connectivity index (χ0) is 14.8. The van der Waals surface area contributed by atoms with Gasteiger partial charge in [-0.15, -0.1) is 0 Å². The lowest BCUT2D eigenvalue weighted by atomic mass is 10.0. The van der Waals surface area contributed by atoms with Gasteiger partial charge in [-0.2, -0.15) is 0 Å². The second-order valence-corrected chi connectivity index (χ2v) is 4.94. The summed E-state index contributed by atoms with van der Waals surface area (Å²) in [5.74, 6) is -0.251. The molecule has 0 fully saturated rings. The average Bonchev–Trinajstić information content (AvgIpc) is 2.44. The molecule has 0 saturated heterocycles. The van der Waals surface area contributed by atoms with Gasteiger partial charge in [0, 0.05) is 5.56 Å². The third kappa shape index (κ3) is 5.51. The van der Waals surface area contributed by atoms with Crippen LogP contribution in [0.2, 0.25) is 0 Å². The van der Waals surface area contributed by atoms with Crippen LogP contribution >= 0.6 is 0 Å². The molecular formula is C16H25NO3. The number of phenols is 2. The molecule has 112 valence electrons. The van der Waals surface area contributed by atoms with Crippen molar-refractivity contribution < 1.29 is 15.1 Å². The van der Waals surface area contributed by atoms with E-state index in [0.29, 0.717) is 0 Å². The SMILES string of the molecule is CCCCCCCC/C(=N\OC)c1ccc(O)c(O)c1. The molecule has 0 aromatic heterocycles. The molecule has 0 heterocycles. The van der Waals surface area contributed by atoms with Gasteiger partial charge >= 0.3 is 0 Å². The van der Waals surface area contributed by atoms with E-state index in [9.17, 15) is 10.2 Å². The fourth-order valence-corrected chi connectivity index (χ4v) is 2.13. The first-order valence-corrected chi connectivity index (χ1v) is 7.31. The largest absolute Gasteiger partial charge is 0.504 e. The van der Waals surface area contributed by atoms with Crippen molar-refractivity contribution in [3.63, 3.8) is 0 Å². The van der Waals surface area contributed by atoms with Crippen LogP contribution in [0.1, 0.15) is 57.4 Å². The molecule has 0 spiro atoms. The number of nitrogens with zero attached hydrogens (tertiary/aromatic N) is 1. The summed E-state index contributed by atoms with van der Waals surface area (Å²) in [6.45, 7) is 2.21. The van der Waals surface area contributed by atoms with Crippen molar-refractivity contribution in [2.45, 2.75) is 51.9 Å². The number of benzene rings is 1. The van der Waals surface area contributed by atoms with Crippen LogP contribution in [0, 0.1) is 0 Å². The Balaban J connectivity index is 2.52. The van der Waals surface area contributed by atoms with Crippen LogP contribution in [0.4, 0.5) is 0 Å². The van der Waals surface area contributed by atoms with Gasteiger partial charge in [-0.1, -0.05) is 44.2 Å². The highest BCUT2D eigenvalue weighted by Gasteiger charge is 2.08. The Labute approximate surface area is 121 Å². The van der Waals surface area contributed by atoms with Crippen LogP contribution in [0.3, 0.4) is 0 Å². The monoisotopic (exact) mass is 279 g/mol. The highest BCUT2D eigenvalue weighted by molar-refractivity contribution is 6.00. The fraction of sp³-hybridized carbons (Fsp3) is 0.562. The van der Waals surface area contributed by atoms with Crippen molar-refractivity contribution in [1.29, 1.82) is 0 Å². The molecule has 0 atom stereocenters. The Hall–Kier alpha value is -1.71. The lowest BCUT2D eigenvalue weighted by Gasteiger charge is -2.07.